The van der Waals surface area contributed by atoms with Gasteiger partial charge in [0.2, 0.25) is 0 Å². The van der Waals surface area contributed by atoms with E-state index in [0.717, 1.165) is 22.3 Å². The molecule has 3 rings (SSSR count). The molecule has 2 nitrogen and oxygen atoms in total. The largest absolute Gasteiger partial charge is 0.508 e. The maximum Gasteiger partial charge on any atom is 0.401 e. The van der Waals surface area contributed by atoms with Gasteiger partial charge >= 0.3 is 6.18 Å². The van der Waals surface area contributed by atoms with Gasteiger partial charge in [0.05, 0.1) is 6.54 Å². The normalized spacial score (nSPS) is 15.6. The fraction of sp³-hybridized carbons (Fsp3) is 0.294. The lowest BCUT2D eigenvalue weighted by Gasteiger charge is -2.29. The van der Waals surface area contributed by atoms with Gasteiger partial charge < -0.3 is 5.11 Å². The first-order valence-electron chi connectivity index (χ1n) is 7.11. The first-order valence-corrected chi connectivity index (χ1v) is 7.11. The summed E-state index contributed by atoms with van der Waals surface area (Å²) in [4.78, 5) is 1.43. The summed E-state index contributed by atoms with van der Waals surface area (Å²) in [6, 6.07) is 12.8. The fourth-order valence-electron chi connectivity index (χ4n) is 2.83. The molecule has 0 unspecified atom stereocenters. The molecule has 1 heterocycles. The Morgan fingerprint density at radius 3 is 2.32 bits per heavy atom. The monoisotopic (exact) mass is 307 g/mol. The zero-order valence-electron chi connectivity index (χ0n) is 11.9. The van der Waals surface area contributed by atoms with Gasteiger partial charge in [-0.15, -0.1) is 0 Å². The quantitative estimate of drug-likeness (QED) is 0.907. The summed E-state index contributed by atoms with van der Waals surface area (Å²) in [5.41, 5.74) is 4.06. The number of phenols is 1. The van der Waals surface area contributed by atoms with E-state index in [4.69, 9.17) is 0 Å². The zero-order valence-corrected chi connectivity index (χ0v) is 11.9. The summed E-state index contributed by atoms with van der Waals surface area (Å²) in [6.45, 7) is -0.0948. The minimum Gasteiger partial charge on any atom is -0.508 e. The molecule has 0 saturated carbocycles. The molecule has 0 spiro atoms. The molecule has 0 bridgehead atoms. The van der Waals surface area contributed by atoms with Crippen LogP contribution in [0.3, 0.4) is 0 Å². The first kappa shape index (κ1) is 14.9. The van der Waals surface area contributed by atoms with Gasteiger partial charge in [-0.25, -0.2) is 0 Å². The van der Waals surface area contributed by atoms with Gasteiger partial charge in [0.15, 0.2) is 0 Å². The van der Waals surface area contributed by atoms with Crippen molar-refractivity contribution in [2.24, 2.45) is 0 Å². The van der Waals surface area contributed by atoms with E-state index in [1.165, 1.54) is 4.90 Å². The maximum atomic E-state index is 12.5. The van der Waals surface area contributed by atoms with E-state index in [-0.39, 0.29) is 5.75 Å². The van der Waals surface area contributed by atoms with Crippen LogP contribution in [0.1, 0.15) is 11.1 Å². The summed E-state index contributed by atoms with van der Waals surface area (Å²) in [7, 11) is 0. The molecule has 22 heavy (non-hydrogen) atoms. The lowest BCUT2D eigenvalue weighted by atomic mass is 9.94. The van der Waals surface area contributed by atoms with Gasteiger partial charge in [-0.1, -0.05) is 30.3 Å². The van der Waals surface area contributed by atoms with Crippen molar-refractivity contribution >= 4 is 0 Å². The standard InChI is InChI=1S/C17H16F3NO/c18-17(19,20)11-21-8-7-14-9-13(1-2-15(14)10-21)12-3-5-16(22)6-4-12/h1-6,9,22H,7-8,10-11H2. The molecule has 0 saturated heterocycles. The molecule has 2 aromatic rings. The predicted molar refractivity (Wildman–Crippen MR) is 78.6 cm³/mol. The molecule has 116 valence electrons. The predicted octanol–water partition coefficient (Wildman–Crippen LogP) is 3.98. The molecule has 0 radical (unpaired) electrons. The first-order chi connectivity index (χ1) is 10.4. The van der Waals surface area contributed by atoms with Crippen LogP contribution in [-0.4, -0.2) is 29.3 Å². The average molecular weight is 307 g/mol. The Labute approximate surface area is 126 Å². The molecule has 5 heteroatoms. The van der Waals surface area contributed by atoms with E-state index in [1.807, 2.05) is 30.3 Å². The number of hydrogen-bond donors (Lipinski definition) is 1. The van der Waals surface area contributed by atoms with Gasteiger partial charge in [-0.05, 0) is 40.8 Å². The molecule has 0 atom stereocenters. The highest BCUT2D eigenvalue weighted by Gasteiger charge is 2.32. The lowest BCUT2D eigenvalue weighted by molar-refractivity contribution is -0.147. The molecule has 1 aliphatic rings. The number of rotatable bonds is 2. The minimum absolute atomic E-state index is 0.213. The van der Waals surface area contributed by atoms with Crippen molar-refractivity contribution in [3.8, 4) is 16.9 Å². The third kappa shape index (κ3) is 3.42. The van der Waals surface area contributed by atoms with E-state index in [9.17, 15) is 18.3 Å². The molecular formula is C17H16F3NO. The van der Waals surface area contributed by atoms with Crippen molar-refractivity contribution in [1.29, 1.82) is 0 Å². The van der Waals surface area contributed by atoms with E-state index >= 15 is 0 Å². The smallest absolute Gasteiger partial charge is 0.401 e. The van der Waals surface area contributed by atoms with Gasteiger partial charge in [-0.2, -0.15) is 13.2 Å². The van der Waals surface area contributed by atoms with E-state index in [0.29, 0.717) is 19.5 Å². The number of nitrogens with zero attached hydrogens (tertiary/aromatic N) is 1. The number of alkyl halides is 3. The average Bonchev–Trinajstić information content (AvgIpc) is 2.46. The van der Waals surface area contributed by atoms with Crippen molar-refractivity contribution in [2.45, 2.75) is 19.1 Å². The van der Waals surface area contributed by atoms with Crippen LogP contribution >= 0.6 is 0 Å². The van der Waals surface area contributed by atoms with Crippen molar-refractivity contribution in [3.63, 3.8) is 0 Å². The van der Waals surface area contributed by atoms with Crippen molar-refractivity contribution in [3.05, 3.63) is 53.6 Å². The highest BCUT2D eigenvalue weighted by atomic mass is 19.4. The maximum absolute atomic E-state index is 12.5. The van der Waals surface area contributed by atoms with Gasteiger partial charge in [-0.3, -0.25) is 4.90 Å². The SMILES string of the molecule is Oc1ccc(-c2ccc3c(c2)CCN(CC(F)(F)F)C3)cc1. The van der Waals surface area contributed by atoms with Crippen LogP contribution in [0.25, 0.3) is 11.1 Å². The van der Waals surface area contributed by atoms with Crippen LogP contribution in [0, 0.1) is 0 Å². The van der Waals surface area contributed by atoms with E-state index in [1.54, 1.807) is 12.1 Å². The van der Waals surface area contributed by atoms with Crippen LogP contribution in [0.5, 0.6) is 5.75 Å². The van der Waals surface area contributed by atoms with Crippen LogP contribution in [0.4, 0.5) is 13.2 Å². The third-order valence-corrected chi connectivity index (χ3v) is 3.90. The summed E-state index contributed by atoms with van der Waals surface area (Å²) in [6.07, 6.45) is -3.53. The van der Waals surface area contributed by atoms with Crippen LogP contribution < -0.4 is 0 Å². The Morgan fingerprint density at radius 1 is 0.955 bits per heavy atom. The van der Waals surface area contributed by atoms with E-state index in [2.05, 4.69) is 0 Å². The molecule has 0 aromatic heterocycles. The molecule has 2 aromatic carbocycles. The van der Waals surface area contributed by atoms with Crippen LogP contribution in [0.2, 0.25) is 0 Å². The second-order valence-corrected chi connectivity index (χ2v) is 5.61. The van der Waals surface area contributed by atoms with Crippen molar-refractivity contribution in [1.82, 2.24) is 4.90 Å². The van der Waals surface area contributed by atoms with Gasteiger partial charge in [0, 0.05) is 13.1 Å². The topological polar surface area (TPSA) is 23.5 Å². The highest BCUT2D eigenvalue weighted by molar-refractivity contribution is 5.65. The molecule has 0 fully saturated rings. The summed E-state index contributed by atoms with van der Waals surface area (Å²) >= 11 is 0. The van der Waals surface area contributed by atoms with Gasteiger partial charge in [0.25, 0.3) is 0 Å². The number of aromatic hydroxyl groups is 1. The fourth-order valence-corrected chi connectivity index (χ4v) is 2.83. The molecular weight excluding hydrogens is 291 g/mol. The Hall–Kier alpha value is -2.01. The Balaban J connectivity index is 1.80. The van der Waals surface area contributed by atoms with Crippen LogP contribution in [-0.2, 0) is 13.0 Å². The van der Waals surface area contributed by atoms with Crippen LogP contribution in [0.15, 0.2) is 42.5 Å². The lowest BCUT2D eigenvalue weighted by Crippen LogP contribution is -2.37. The van der Waals surface area contributed by atoms with E-state index < -0.39 is 12.7 Å². The number of fused-ring (bicyclic) bond motifs is 1. The molecule has 0 amide bonds. The zero-order chi connectivity index (χ0) is 15.7. The molecule has 1 aliphatic heterocycles. The Kier molecular flexibility index (Phi) is 3.83. The number of hydrogen-bond acceptors (Lipinski definition) is 2. The van der Waals surface area contributed by atoms with Crippen molar-refractivity contribution < 1.29 is 18.3 Å². The van der Waals surface area contributed by atoms with Crippen molar-refractivity contribution in [2.75, 3.05) is 13.1 Å². The highest BCUT2D eigenvalue weighted by Crippen LogP contribution is 2.28. The Morgan fingerprint density at radius 2 is 1.64 bits per heavy atom. The number of halogens is 3. The minimum atomic E-state index is -4.15. The van der Waals surface area contributed by atoms with Gasteiger partial charge in [0.1, 0.15) is 5.75 Å². The summed E-state index contributed by atoms with van der Waals surface area (Å²) < 4.78 is 37.4. The second kappa shape index (κ2) is 5.65. The second-order valence-electron chi connectivity index (χ2n) is 5.61. The number of benzene rings is 2. The molecule has 0 aliphatic carbocycles. The summed E-state index contributed by atoms with van der Waals surface area (Å²) in [5.74, 6) is 0.213. The summed E-state index contributed by atoms with van der Waals surface area (Å²) in [5, 5.41) is 9.32. The number of phenolic OH excluding ortho intramolecular Hbond substituents is 1. The molecule has 1 N–H and O–H groups in total. The third-order valence-electron chi connectivity index (χ3n) is 3.90. The Bertz CT molecular complexity index is 665.